The number of nitrogens with zero attached hydrogens (tertiary/aromatic N) is 1. The average Bonchev–Trinajstić information content (AvgIpc) is 2.39. The predicted octanol–water partition coefficient (Wildman–Crippen LogP) is 4.13. The quantitative estimate of drug-likeness (QED) is 0.896. The lowest BCUT2D eigenvalue weighted by Crippen LogP contribution is -2.01. The Kier molecular flexibility index (Phi) is 3.86. The van der Waals surface area contributed by atoms with Crippen molar-refractivity contribution in [1.29, 1.82) is 5.26 Å². The van der Waals surface area contributed by atoms with E-state index in [1.165, 1.54) is 0 Å². The van der Waals surface area contributed by atoms with E-state index in [0.717, 1.165) is 21.8 Å². The van der Waals surface area contributed by atoms with Gasteiger partial charge >= 0.3 is 0 Å². The van der Waals surface area contributed by atoms with E-state index in [1.54, 1.807) is 0 Å². The molecule has 0 saturated heterocycles. The van der Waals surface area contributed by atoms with Crippen LogP contribution >= 0.6 is 11.6 Å². The first-order chi connectivity index (χ1) is 8.69. The zero-order chi connectivity index (χ0) is 13.0. The maximum absolute atomic E-state index is 9.07. The molecule has 2 rings (SSSR count). The Morgan fingerprint density at radius 3 is 2.56 bits per heavy atom. The minimum absolute atomic E-state index is 0.670. The molecule has 0 bridgehead atoms. The Bertz CT molecular complexity index is 582. The normalized spacial score (nSPS) is 9.83. The van der Waals surface area contributed by atoms with E-state index in [2.05, 4.69) is 11.4 Å². The first-order valence-corrected chi connectivity index (χ1v) is 6.06. The number of aryl methyl sites for hydroxylation is 1. The Balaban J connectivity index is 2.11. The number of halogens is 1. The molecule has 0 spiro atoms. The molecule has 0 atom stereocenters. The second-order valence-corrected chi connectivity index (χ2v) is 4.58. The lowest BCUT2D eigenvalue weighted by atomic mass is 10.1. The summed E-state index contributed by atoms with van der Waals surface area (Å²) in [5.74, 6) is 0. The number of hydrogen-bond donors (Lipinski definition) is 1. The first-order valence-electron chi connectivity index (χ1n) is 5.68. The molecular weight excluding hydrogens is 244 g/mol. The Morgan fingerprint density at radius 2 is 1.89 bits per heavy atom. The number of anilines is 1. The van der Waals surface area contributed by atoms with Crippen molar-refractivity contribution in [3.8, 4) is 6.07 Å². The average molecular weight is 257 g/mol. The van der Waals surface area contributed by atoms with Gasteiger partial charge in [0, 0.05) is 11.6 Å². The highest BCUT2D eigenvalue weighted by atomic mass is 35.5. The van der Waals surface area contributed by atoms with E-state index >= 15 is 0 Å². The third kappa shape index (κ3) is 3.03. The van der Waals surface area contributed by atoms with Crippen LogP contribution in [-0.2, 0) is 6.54 Å². The van der Waals surface area contributed by atoms with Gasteiger partial charge in [-0.15, -0.1) is 0 Å². The topological polar surface area (TPSA) is 35.8 Å². The van der Waals surface area contributed by atoms with E-state index in [4.69, 9.17) is 16.9 Å². The van der Waals surface area contributed by atoms with Gasteiger partial charge in [-0.05, 0) is 42.3 Å². The zero-order valence-electron chi connectivity index (χ0n) is 10.1. The molecule has 2 nitrogen and oxygen atoms in total. The molecule has 0 aliphatic heterocycles. The van der Waals surface area contributed by atoms with Crippen molar-refractivity contribution in [2.75, 3.05) is 5.32 Å². The van der Waals surface area contributed by atoms with E-state index in [1.807, 2.05) is 49.4 Å². The maximum atomic E-state index is 9.07. The number of rotatable bonds is 3. The summed E-state index contributed by atoms with van der Waals surface area (Å²) < 4.78 is 0. The van der Waals surface area contributed by atoms with Crippen LogP contribution < -0.4 is 5.32 Å². The second kappa shape index (κ2) is 5.57. The highest BCUT2D eigenvalue weighted by Crippen LogP contribution is 2.18. The number of hydrogen-bond acceptors (Lipinski definition) is 2. The molecule has 0 heterocycles. The van der Waals surface area contributed by atoms with Gasteiger partial charge in [0.05, 0.1) is 11.3 Å². The van der Waals surface area contributed by atoms with E-state index < -0.39 is 0 Å². The highest BCUT2D eigenvalue weighted by Gasteiger charge is 2.01. The van der Waals surface area contributed by atoms with Crippen LogP contribution in [0.25, 0.3) is 0 Å². The lowest BCUT2D eigenvalue weighted by Gasteiger charge is -2.09. The molecule has 0 aromatic heterocycles. The molecule has 0 aliphatic rings. The van der Waals surface area contributed by atoms with Crippen LogP contribution in [0.3, 0.4) is 0 Å². The van der Waals surface area contributed by atoms with Gasteiger partial charge in [0.2, 0.25) is 0 Å². The van der Waals surface area contributed by atoms with Gasteiger partial charge in [-0.3, -0.25) is 0 Å². The molecule has 0 amide bonds. The van der Waals surface area contributed by atoms with Crippen molar-refractivity contribution in [3.05, 3.63) is 64.2 Å². The smallest absolute Gasteiger partial charge is 0.101 e. The van der Waals surface area contributed by atoms with Gasteiger partial charge in [-0.25, -0.2) is 0 Å². The third-order valence-corrected chi connectivity index (χ3v) is 2.94. The minimum atomic E-state index is 0.670. The highest BCUT2D eigenvalue weighted by molar-refractivity contribution is 6.30. The van der Waals surface area contributed by atoms with Crippen LogP contribution in [0.1, 0.15) is 16.7 Å². The number of nitriles is 1. The summed E-state index contributed by atoms with van der Waals surface area (Å²) in [6, 6.07) is 15.7. The molecule has 2 aromatic rings. The Labute approximate surface area is 112 Å². The van der Waals surface area contributed by atoms with E-state index in [9.17, 15) is 0 Å². The monoisotopic (exact) mass is 256 g/mol. The third-order valence-electron chi connectivity index (χ3n) is 2.69. The molecule has 90 valence electrons. The molecule has 0 unspecified atom stereocenters. The van der Waals surface area contributed by atoms with Gasteiger partial charge in [-0.1, -0.05) is 29.8 Å². The van der Waals surface area contributed by atoms with E-state index in [0.29, 0.717) is 12.1 Å². The minimum Gasteiger partial charge on any atom is -0.380 e. The molecule has 1 N–H and O–H groups in total. The van der Waals surface area contributed by atoms with E-state index in [-0.39, 0.29) is 0 Å². The number of nitrogens with one attached hydrogen (secondary N) is 1. The van der Waals surface area contributed by atoms with Crippen molar-refractivity contribution in [2.24, 2.45) is 0 Å². The summed E-state index contributed by atoms with van der Waals surface area (Å²) >= 11 is 5.83. The fraction of sp³-hybridized carbons (Fsp3) is 0.133. The van der Waals surface area contributed by atoms with Crippen LogP contribution in [0.15, 0.2) is 42.5 Å². The second-order valence-electron chi connectivity index (χ2n) is 4.14. The molecule has 3 heteroatoms. The van der Waals surface area contributed by atoms with Gasteiger partial charge in [-0.2, -0.15) is 5.26 Å². The lowest BCUT2D eigenvalue weighted by molar-refractivity contribution is 1.14. The van der Waals surface area contributed by atoms with Crippen LogP contribution in [0, 0.1) is 18.3 Å². The van der Waals surface area contributed by atoms with Crippen molar-refractivity contribution in [2.45, 2.75) is 13.5 Å². The van der Waals surface area contributed by atoms with Crippen molar-refractivity contribution in [3.63, 3.8) is 0 Å². The van der Waals surface area contributed by atoms with Crippen LogP contribution in [0.4, 0.5) is 5.69 Å². The molecule has 0 saturated carbocycles. The van der Waals surface area contributed by atoms with Crippen LogP contribution in [0.2, 0.25) is 5.02 Å². The van der Waals surface area contributed by atoms with Crippen LogP contribution in [0.5, 0.6) is 0 Å². The van der Waals surface area contributed by atoms with Crippen LogP contribution in [-0.4, -0.2) is 0 Å². The largest absolute Gasteiger partial charge is 0.380 e. The Hall–Kier alpha value is -1.98. The molecular formula is C15H13ClN2. The molecule has 0 fully saturated rings. The molecule has 2 aromatic carbocycles. The number of benzene rings is 2. The standard InChI is InChI=1S/C15H13ClN2/c1-11-2-7-15(13(8-11)9-17)18-10-12-3-5-14(16)6-4-12/h2-8,18H,10H2,1H3. The van der Waals surface area contributed by atoms with Gasteiger partial charge in [0.25, 0.3) is 0 Å². The fourth-order valence-electron chi connectivity index (χ4n) is 1.70. The summed E-state index contributed by atoms with van der Waals surface area (Å²) in [6.07, 6.45) is 0. The van der Waals surface area contributed by atoms with Crippen molar-refractivity contribution < 1.29 is 0 Å². The Morgan fingerprint density at radius 1 is 1.17 bits per heavy atom. The zero-order valence-corrected chi connectivity index (χ0v) is 10.8. The fourth-order valence-corrected chi connectivity index (χ4v) is 1.83. The maximum Gasteiger partial charge on any atom is 0.101 e. The van der Waals surface area contributed by atoms with Gasteiger partial charge < -0.3 is 5.32 Å². The summed E-state index contributed by atoms with van der Waals surface area (Å²) in [7, 11) is 0. The summed E-state index contributed by atoms with van der Waals surface area (Å²) in [6.45, 7) is 2.65. The van der Waals surface area contributed by atoms with Crippen molar-refractivity contribution in [1.82, 2.24) is 0 Å². The molecule has 0 aliphatic carbocycles. The summed E-state index contributed by atoms with van der Waals surface area (Å²) in [5, 5.41) is 13.1. The predicted molar refractivity (Wildman–Crippen MR) is 74.7 cm³/mol. The molecule has 18 heavy (non-hydrogen) atoms. The van der Waals surface area contributed by atoms with Crippen molar-refractivity contribution >= 4 is 17.3 Å². The summed E-state index contributed by atoms with van der Waals surface area (Å²) in [5.41, 5.74) is 3.74. The molecule has 0 radical (unpaired) electrons. The SMILES string of the molecule is Cc1ccc(NCc2ccc(Cl)cc2)c(C#N)c1. The summed E-state index contributed by atoms with van der Waals surface area (Å²) in [4.78, 5) is 0. The van der Waals surface area contributed by atoms with Gasteiger partial charge in [0.1, 0.15) is 6.07 Å². The van der Waals surface area contributed by atoms with Gasteiger partial charge in [0.15, 0.2) is 0 Å². The first kappa shape index (κ1) is 12.5.